The number of aliphatic hydroxyl groups excluding tert-OH is 1. The van der Waals surface area contributed by atoms with E-state index >= 15 is 0 Å². The first-order chi connectivity index (χ1) is 10.1. The molecule has 0 aliphatic heterocycles. The fourth-order valence-corrected chi connectivity index (χ4v) is 2.34. The Kier molecular flexibility index (Phi) is 5.47. The fraction of sp³-hybridized carbons (Fsp3) is 0.500. The molecule has 1 atom stereocenters. The molecule has 0 radical (unpaired) electrons. The van der Waals surface area contributed by atoms with E-state index in [2.05, 4.69) is 54.5 Å². The number of hydrogen-bond donors (Lipinski definition) is 2. The van der Waals surface area contributed by atoms with Crippen LogP contribution in [-0.2, 0) is 6.54 Å². The largest absolute Gasteiger partial charge is 0.396 e. The Morgan fingerprint density at radius 2 is 1.95 bits per heavy atom. The molecule has 2 rings (SSSR count). The number of benzene rings is 1. The molecule has 0 saturated carbocycles. The van der Waals surface area contributed by atoms with Gasteiger partial charge in [0.15, 0.2) is 0 Å². The van der Waals surface area contributed by atoms with Crippen LogP contribution in [0.25, 0.3) is 5.69 Å². The van der Waals surface area contributed by atoms with Crippen molar-refractivity contribution in [3.63, 3.8) is 0 Å². The Bertz CT molecular complexity index is 559. The van der Waals surface area contributed by atoms with E-state index in [9.17, 15) is 0 Å². The SMILES string of the molecule is Cc1cc(C)cc(-n2ncc(CNCC(C)CCO)n2)c1. The molecule has 0 amide bonds. The van der Waals surface area contributed by atoms with Gasteiger partial charge in [0.2, 0.25) is 0 Å². The Balaban J connectivity index is 1.95. The molecular weight excluding hydrogens is 264 g/mol. The molecule has 0 bridgehead atoms. The molecule has 2 N–H and O–H groups in total. The predicted molar refractivity (Wildman–Crippen MR) is 83.4 cm³/mol. The van der Waals surface area contributed by atoms with Crippen LogP contribution in [0, 0.1) is 19.8 Å². The van der Waals surface area contributed by atoms with Gasteiger partial charge in [-0.05, 0) is 56.0 Å². The highest BCUT2D eigenvalue weighted by Gasteiger charge is 2.05. The van der Waals surface area contributed by atoms with Gasteiger partial charge in [0.25, 0.3) is 0 Å². The van der Waals surface area contributed by atoms with Gasteiger partial charge in [0, 0.05) is 13.2 Å². The topological polar surface area (TPSA) is 63.0 Å². The van der Waals surface area contributed by atoms with E-state index in [0.717, 1.165) is 24.3 Å². The standard InChI is InChI=1S/C16H24N4O/c1-12(4-5-21)9-17-10-15-11-18-20(19-15)16-7-13(2)6-14(3)8-16/h6-8,11-12,17,21H,4-5,9-10H2,1-3H3. The predicted octanol–water partition coefficient (Wildman–Crippen LogP) is 1.99. The molecule has 1 heterocycles. The number of nitrogens with one attached hydrogen (secondary N) is 1. The highest BCUT2D eigenvalue weighted by Crippen LogP contribution is 2.12. The van der Waals surface area contributed by atoms with Gasteiger partial charge in [0.05, 0.1) is 17.6 Å². The van der Waals surface area contributed by atoms with E-state index in [1.165, 1.54) is 11.1 Å². The number of aliphatic hydroxyl groups is 1. The molecule has 0 saturated heterocycles. The third-order valence-corrected chi connectivity index (χ3v) is 3.40. The molecule has 21 heavy (non-hydrogen) atoms. The zero-order chi connectivity index (χ0) is 15.2. The molecule has 1 aromatic carbocycles. The van der Waals surface area contributed by atoms with Crippen molar-refractivity contribution in [1.29, 1.82) is 0 Å². The first-order valence-corrected chi connectivity index (χ1v) is 7.40. The van der Waals surface area contributed by atoms with Crippen molar-refractivity contribution in [2.75, 3.05) is 13.2 Å². The van der Waals surface area contributed by atoms with Crippen molar-refractivity contribution in [2.45, 2.75) is 33.7 Å². The van der Waals surface area contributed by atoms with Crippen molar-refractivity contribution >= 4 is 0 Å². The first kappa shape index (κ1) is 15.7. The van der Waals surface area contributed by atoms with Gasteiger partial charge < -0.3 is 10.4 Å². The van der Waals surface area contributed by atoms with Crippen LogP contribution in [0.3, 0.4) is 0 Å². The lowest BCUT2D eigenvalue weighted by molar-refractivity contribution is 0.260. The molecule has 0 aliphatic rings. The second-order valence-corrected chi connectivity index (χ2v) is 5.72. The minimum atomic E-state index is 0.242. The number of aryl methyl sites for hydroxylation is 2. The summed E-state index contributed by atoms with van der Waals surface area (Å²) in [5.74, 6) is 0.462. The van der Waals surface area contributed by atoms with Crippen molar-refractivity contribution in [2.24, 2.45) is 5.92 Å². The van der Waals surface area contributed by atoms with E-state index in [4.69, 9.17) is 5.11 Å². The Hall–Kier alpha value is -1.72. The number of hydrogen-bond acceptors (Lipinski definition) is 4. The number of aromatic nitrogens is 3. The Morgan fingerprint density at radius 1 is 1.24 bits per heavy atom. The average molecular weight is 288 g/mol. The molecule has 1 aromatic heterocycles. The van der Waals surface area contributed by atoms with Crippen LogP contribution in [0.15, 0.2) is 24.4 Å². The maximum atomic E-state index is 8.87. The van der Waals surface area contributed by atoms with Crippen LogP contribution in [0.4, 0.5) is 0 Å². The van der Waals surface area contributed by atoms with Gasteiger partial charge in [-0.2, -0.15) is 15.0 Å². The molecule has 5 heteroatoms. The smallest absolute Gasteiger partial charge is 0.0969 e. The van der Waals surface area contributed by atoms with Crippen LogP contribution in [0.1, 0.15) is 30.2 Å². The summed E-state index contributed by atoms with van der Waals surface area (Å²) in [4.78, 5) is 1.67. The summed E-state index contributed by atoms with van der Waals surface area (Å²) in [6.45, 7) is 8.08. The number of nitrogens with zero attached hydrogens (tertiary/aromatic N) is 3. The molecule has 5 nitrogen and oxygen atoms in total. The van der Waals surface area contributed by atoms with Crippen molar-refractivity contribution in [3.05, 3.63) is 41.2 Å². The molecule has 1 unspecified atom stereocenters. The van der Waals surface area contributed by atoms with Crippen molar-refractivity contribution in [1.82, 2.24) is 20.3 Å². The van der Waals surface area contributed by atoms with E-state index in [0.29, 0.717) is 12.5 Å². The summed E-state index contributed by atoms with van der Waals surface area (Å²) >= 11 is 0. The fourth-order valence-electron chi connectivity index (χ4n) is 2.34. The highest BCUT2D eigenvalue weighted by molar-refractivity contribution is 5.37. The first-order valence-electron chi connectivity index (χ1n) is 7.40. The normalized spacial score (nSPS) is 12.6. The van der Waals surface area contributed by atoms with Gasteiger partial charge in [0.1, 0.15) is 0 Å². The summed E-state index contributed by atoms with van der Waals surface area (Å²) in [5, 5.41) is 21.0. The van der Waals surface area contributed by atoms with Crippen LogP contribution < -0.4 is 5.32 Å². The van der Waals surface area contributed by atoms with Crippen LogP contribution in [0.2, 0.25) is 0 Å². The second-order valence-electron chi connectivity index (χ2n) is 5.72. The quantitative estimate of drug-likeness (QED) is 0.818. The lowest BCUT2D eigenvalue weighted by Crippen LogP contribution is -2.21. The minimum Gasteiger partial charge on any atom is -0.396 e. The lowest BCUT2D eigenvalue weighted by atomic mass is 10.1. The van der Waals surface area contributed by atoms with E-state index < -0.39 is 0 Å². The summed E-state index contributed by atoms with van der Waals surface area (Å²) < 4.78 is 0. The van der Waals surface area contributed by atoms with Gasteiger partial charge in [-0.1, -0.05) is 13.0 Å². The van der Waals surface area contributed by atoms with Gasteiger partial charge >= 0.3 is 0 Å². The molecule has 0 aliphatic carbocycles. The van der Waals surface area contributed by atoms with Crippen LogP contribution >= 0.6 is 0 Å². The second kappa shape index (κ2) is 7.33. The molecular formula is C16H24N4O. The molecule has 2 aromatic rings. The van der Waals surface area contributed by atoms with Gasteiger partial charge in [-0.25, -0.2) is 0 Å². The Morgan fingerprint density at radius 3 is 2.62 bits per heavy atom. The summed E-state index contributed by atoms with van der Waals surface area (Å²) in [5.41, 5.74) is 4.33. The third-order valence-electron chi connectivity index (χ3n) is 3.40. The maximum Gasteiger partial charge on any atom is 0.0969 e. The van der Waals surface area contributed by atoms with Crippen LogP contribution in [-0.4, -0.2) is 33.3 Å². The average Bonchev–Trinajstić information content (AvgIpc) is 2.87. The zero-order valence-electron chi connectivity index (χ0n) is 13.0. The summed E-state index contributed by atoms with van der Waals surface area (Å²) in [6.07, 6.45) is 2.61. The van der Waals surface area contributed by atoms with Crippen molar-refractivity contribution < 1.29 is 5.11 Å². The van der Waals surface area contributed by atoms with Crippen LogP contribution in [0.5, 0.6) is 0 Å². The zero-order valence-corrected chi connectivity index (χ0v) is 13.0. The Labute approximate surface area is 126 Å². The maximum absolute atomic E-state index is 8.87. The highest BCUT2D eigenvalue weighted by atomic mass is 16.3. The molecule has 0 spiro atoms. The summed E-state index contributed by atoms with van der Waals surface area (Å²) in [6, 6.07) is 6.29. The van der Waals surface area contributed by atoms with E-state index in [1.807, 2.05) is 0 Å². The van der Waals surface area contributed by atoms with Gasteiger partial charge in [-0.3, -0.25) is 0 Å². The van der Waals surface area contributed by atoms with E-state index in [1.54, 1.807) is 11.0 Å². The minimum absolute atomic E-state index is 0.242. The third kappa shape index (κ3) is 4.65. The number of rotatable bonds is 7. The summed E-state index contributed by atoms with van der Waals surface area (Å²) in [7, 11) is 0. The lowest BCUT2D eigenvalue weighted by Gasteiger charge is -2.09. The van der Waals surface area contributed by atoms with E-state index in [-0.39, 0.29) is 6.61 Å². The molecule has 0 fully saturated rings. The van der Waals surface area contributed by atoms with Gasteiger partial charge in [-0.15, -0.1) is 0 Å². The van der Waals surface area contributed by atoms with Crippen molar-refractivity contribution in [3.8, 4) is 5.69 Å². The monoisotopic (exact) mass is 288 g/mol. The molecule has 114 valence electrons.